The van der Waals surface area contributed by atoms with E-state index in [0.29, 0.717) is 59.5 Å². The lowest BCUT2D eigenvalue weighted by molar-refractivity contribution is -0.131. The van der Waals surface area contributed by atoms with Crippen LogP contribution in [0.1, 0.15) is 11.7 Å². The van der Waals surface area contributed by atoms with Gasteiger partial charge in [-0.3, -0.25) is 0 Å². The predicted molar refractivity (Wildman–Crippen MR) is 110 cm³/mol. The van der Waals surface area contributed by atoms with Crippen LogP contribution in [0.2, 0.25) is 0 Å². The molecule has 1 aromatic carbocycles. The summed E-state index contributed by atoms with van der Waals surface area (Å²) in [5.74, 6) is -0.981. The van der Waals surface area contributed by atoms with E-state index in [1.165, 1.54) is 0 Å². The lowest BCUT2D eigenvalue weighted by Gasteiger charge is -2.11. The highest BCUT2D eigenvalue weighted by atomic mass is 16.6. The number of hydrogen-bond acceptors (Lipinski definition) is 8. The van der Waals surface area contributed by atoms with Crippen LogP contribution < -0.4 is 0 Å². The Morgan fingerprint density at radius 3 is 1.63 bits per heavy atom. The number of rotatable bonds is 18. The van der Waals surface area contributed by atoms with E-state index in [9.17, 15) is 9.90 Å². The highest BCUT2D eigenvalue weighted by molar-refractivity contribution is 5.78. The van der Waals surface area contributed by atoms with Gasteiger partial charge in [0.05, 0.1) is 72.7 Å². The fourth-order valence-electron chi connectivity index (χ4n) is 1.91. The van der Waals surface area contributed by atoms with Gasteiger partial charge in [0.25, 0.3) is 0 Å². The molecule has 30 heavy (non-hydrogen) atoms. The summed E-state index contributed by atoms with van der Waals surface area (Å²) in [5.41, 5.74) is 0.846. The average molecular weight is 430 g/mol. The fourth-order valence-corrected chi connectivity index (χ4v) is 1.91. The molecule has 0 fully saturated rings. The number of carboxylic acids is 1. The van der Waals surface area contributed by atoms with E-state index in [1.54, 1.807) is 0 Å². The van der Waals surface area contributed by atoms with E-state index in [-0.39, 0.29) is 13.2 Å². The Morgan fingerprint density at radius 1 is 0.833 bits per heavy atom. The molecule has 0 bridgehead atoms. The van der Waals surface area contributed by atoms with Gasteiger partial charge in [-0.25, -0.2) is 4.79 Å². The maximum atomic E-state index is 9.91. The molecular weight excluding hydrogens is 396 g/mol. The lowest BCUT2D eigenvalue weighted by Crippen LogP contribution is -2.14. The van der Waals surface area contributed by atoms with Crippen molar-refractivity contribution in [3.8, 4) is 0 Å². The molecule has 0 spiro atoms. The van der Waals surface area contributed by atoms with Gasteiger partial charge >= 0.3 is 5.97 Å². The van der Waals surface area contributed by atoms with Crippen LogP contribution in [0.4, 0.5) is 0 Å². The molecule has 1 unspecified atom stereocenters. The maximum absolute atomic E-state index is 9.91. The molecule has 0 aromatic heterocycles. The summed E-state index contributed by atoms with van der Waals surface area (Å²) in [7, 11) is 0. The van der Waals surface area contributed by atoms with E-state index in [4.69, 9.17) is 33.9 Å². The van der Waals surface area contributed by atoms with E-state index >= 15 is 0 Å². The molecular formula is C21H34O9. The molecule has 0 aliphatic carbocycles. The van der Waals surface area contributed by atoms with Gasteiger partial charge in [-0.2, -0.15) is 0 Å². The van der Waals surface area contributed by atoms with Gasteiger partial charge in [0, 0.05) is 6.08 Å². The topological polar surface area (TPSA) is 124 Å². The van der Waals surface area contributed by atoms with Gasteiger partial charge in [0.2, 0.25) is 0 Å². The minimum absolute atomic E-state index is 0.0295. The van der Waals surface area contributed by atoms with Crippen molar-refractivity contribution < 1.29 is 43.8 Å². The summed E-state index contributed by atoms with van der Waals surface area (Å²) < 4.78 is 26.4. The van der Waals surface area contributed by atoms with Crippen molar-refractivity contribution in [1.29, 1.82) is 0 Å². The third-order valence-electron chi connectivity index (χ3n) is 3.36. The zero-order valence-corrected chi connectivity index (χ0v) is 17.3. The number of aliphatic hydroxyl groups excluding tert-OH is 2. The Balaban J connectivity index is 0.00000150. The second kappa shape index (κ2) is 21.8. The van der Waals surface area contributed by atoms with Crippen LogP contribution in [0.25, 0.3) is 0 Å². The van der Waals surface area contributed by atoms with Crippen molar-refractivity contribution in [3.05, 3.63) is 48.6 Å². The van der Waals surface area contributed by atoms with Gasteiger partial charge in [-0.15, -0.1) is 0 Å². The first-order chi connectivity index (χ1) is 14.6. The molecule has 0 aliphatic heterocycles. The molecule has 3 N–H and O–H groups in total. The van der Waals surface area contributed by atoms with Gasteiger partial charge in [-0.05, 0) is 5.56 Å². The molecule has 1 rings (SSSR count). The second-order valence-electron chi connectivity index (χ2n) is 5.72. The van der Waals surface area contributed by atoms with Crippen LogP contribution in [0, 0.1) is 0 Å². The van der Waals surface area contributed by atoms with Crippen molar-refractivity contribution in [2.24, 2.45) is 0 Å². The monoisotopic (exact) mass is 430 g/mol. The zero-order valence-electron chi connectivity index (χ0n) is 17.3. The first-order valence-electron chi connectivity index (χ1n) is 9.69. The third-order valence-corrected chi connectivity index (χ3v) is 3.36. The van der Waals surface area contributed by atoms with Crippen molar-refractivity contribution >= 4 is 5.97 Å². The molecule has 0 radical (unpaired) electrons. The Morgan fingerprint density at radius 2 is 1.23 bits per heavy atom. The van der Waals surface area contributed by atoms with Crippen LogP contribution in [0.15, 0.2) is 43.0 Å². The zero-order chi connectivity index (χ0) is 22.3. The summed E-state index contributed by atoms with van der Waals surface area (Å²) in [5, 5.41) is 26.0. The molecule has 1 aromatic rings. The second-order valence-corrected chi connectivity index (χ2v) is 5.72. The highest BCUT2D eigenvalue weighted by Crippen LogP contribution is 2.11. The number of ether oxygens (including phenoxy) is 5. The fraction of sp³-hybridized carbons (Fsp3) is 0.571. The first kappa shape index (κ1) is 28.1. The minimum atomic E-state index is -0.981. The number of aliphatic hydroxyl groups is 2. The highest BCUT2D eigenvalue weighted by Gasteiger charge is 2.06. The van der Waals surface area contributed by atoms with Crippen LogP contribution >= 0.6 is 0 Å². The molecule has 1 atom stereocenters. The number of benzene rings is 1. The predicted octanol–water partition coefficient (Wildman–Crippen LogP) is 1.05. The summed E-state index contributed by atoms with van der Waals surface area (Å²) in [6.07, 6.45) is 0.221. The smallest absolute Gasteiger partial charge is 0.327 e. The summed E-state index contributed by atoms with van der Waals surface area (Å²) >= 11 is 0. The summed E-state index contributed by atoms with van der Waals surface area (Å²) in [6.45, 7) is 7.44. The van der Waals surface area contributed by atoms with Gasteiger partial charge < -0.3 is 39.0 Å². The van der Waals surface area contributed by atoms with E-state index < -0.39 is 12.1 Å². The molecule has 0 saturated carbocycles. The van der Waals surface area contributed by atoms with E-state index in [2.05, 4.69) is 6.58 Å². The van der Waals surface area contributed by atoms with Gasteiger partial charge in [0.1, 0.15) is 6.10 Å². The van der Waals surface area contributed by atoms with Crippen LogP contribution in [0.5, 0.6) is 0 Å². The van der Waals surface area contributed by atoms with Crippen LogP contribution in [-0.2, 0) is 28.5 Å². The Labute approximate surface area is 177 Å². The van der Waals surface area contributed by atoms with Gasteiger partial charge in [0.15, 0.2) is 0 Å². The van der Waals surface area contributed by atoms with Crippen LogP contribution in [0.3, 0.4) is 0 Å². The largest absolute Gasteiger partial charge is 0.478 e. The molecule has 9 nitrogen and oxygen atoms in total. The third kappa shape index (κ3) is 19.5. The van der Waals surface area contributed by atoms with Crippen LogP contribution in [-0.4, -0.2) is 94.0 Å². The SMILES string of the molecule is C=CC(=O)O.OCCOCCOCCOCCOCCOCC(O)c1ccccc1. The minimum Gasteiger partial charge on any atom is -0.478 e. The Bertz CT molecular complexity index is 510. The maximum Gasteiger partial charge on any atom is 0.327 e. The average Bonchev–Trinajstić information content (AvgIpc) is 2.77. The quantitative estimate of drug-likeness (QED) is 0.232. The first-order valence-corrected chi connectivity index (χ1v) is 9.69. The number of aliphatic carboxylic acids is 1. The number of hydrogen-bond donors (Lipinski definition) is 3. The standard InChI is InChI=1S/C18H30O7.C3H4O2/c19-6-7-21-8-9-22-10-11-23-12-13-24-14-15-25-16-18(20)17-4-2-1-3-5-17;1-2-3(4)5/h1-5,18-20H,6-16H2;2H,1H2,(H,4,5). The van der Waals surface area contributed by atoms with E-state index in [0.717, 1.165) is 11.6 Å². The summed E-state index contributed by atoms with van der Waals surface area (Å²) in [6, 6.07) is 9.42. The molecule has 0 aliphatic rings. The van der Waals surface area contributed by atoms with Gasteiger partial charge in [-0.1, -0.05) is 36.9 Å². The molecule has 0 saturated heterocycles. The normalized spacial score (nSPS) is 11.4. The lowest BCUT2D eigenvalue weighted by atomic mass is 10.1. The molecule has 172 valence electrons. The Hall–Kier alpha value is -1.85. The molecule has 9 heteroatoms. The molecule has 0 amide bonds. The summed E-state index contributed by atoms with van der Waals surface area (Å²) in [4.78, 5) is 9.25. The number of carbonyl (C=O) groups is 1. The van der Waals surface area contributed by atoms with Crippen molar-refractivity contribution in [2.75, 3.05) is 72.7 Å². The molecule has 0 heterocycles. The number of carboxylic acid groups (broad SMARTS) is 1. The van der Waals surface area contributed by atoms with Crippen molar-refractivity contribution in [1.82, 2.24) is 0 Å². The van der Waals surface area contributed by atoms with E-state index in [1.807, 2.05) is 30.3 Å². The van der Waals surface area contributed by atoms with Crippen molar-refractivity contribution in [3.63, 3.8) is 0 Å². The Kier molecular flexibility index (Phi) is 20.5. The van der Waals surface area contributed by atoms with Crippen molar-refractivity contribution in [2.45, 2.75) is 6.10 Å².